The highest BCUT2D eigenvalue weighted by Crippen LogP contribution is 2.13. The Bertz CT molecular complexity index is 256. The number of hydrogen-bond donors (Lipinski definition) is 1. The van der Waals surface area contributed by atoms with E-state index in [1.165, 1.54) is 0 Å². The Hall–Kier alpha value is -1.29. The molecule has 4 heteroatoms. The van der Waals surface area contributed by atoms with E-state index >= 15 is 0 Å². The molecule has 1 aromatic rings. The van der Waals surface area contributed by atoms with Gasteiger partial charge in [0, 0.05) is 0 Å². The highest BCUT2D eigenvalue weighted by atomic mass is 16.7. The molecule has 1 heterocycles. The average molecular weight is 183 g/mol. The minimum Gasteiger partial charge on any atom is -0.472 e. The fourth-order valence-electron chi connectivity index (χ4n) is 1.18. The third-order valence-electron chi connectivity index (χ3n) is 2.00. The molecular formula is C9H13NO3. The SMILES string of the molecule is CCC(Cc1ccoc1)C(=O)ON. The van der Waals surface area contributed by atoms with E-state index in [0.717, 1.165) is 5.56 Å². The van der Waals surface area contributed by atoms with Gasteiger partial charge in [-0.15, -0.1) is 0 Å². The van der Waals surface area contributed by atoms with Crippen molar-refractivity contribution in [1.29, 1.82) is 0 Å². The van der Waals surface area contributed by atoms with Crippen molar-refractivity contribution in [2.45, 2.75) is 19.8 Å². The second-order valence-electron chi connectivity index (χ2n) is 2.88. The van der Waals surface area contributed by atoms with Gasteiger partial charge in [0.2, 0.25) is 0 Å². The smallest absolute Gasteiger partial charge is 0.327 e. The Morgan fingerprint density at radius 3 is 3.00 bits per heavy atom. The van der Waals surface area contributed by atoms with Gasteiger partial charge in [-0.2, -0.15) is 5.90 Å². The molecule has 72 valence electrons. The molecule has 0 aromatic carbocycles. The lowest BCUT2D eigenvalue weighted by atomic mass is 9.99. The van der Waals surface area contributed by atoms with Crippen molar-refractivity contribution < 1.29 is 14.0 Å². The number of nitrogens with two attached hydrogens (primary N) is 1. The Kier molecular flexibility index (Phi) is 3.52. The van der Waals surface area contributed by atoms with Crippen molar-refractivity contribution in [3.05, 3.63) is 24.2 Å². The van der Waals surface area contributed by atoms with E-state index < -0.39 is 0 Å². The molecule has 0 bridgehead atoms. The molecule has 4 nitrogen and oxygen atoms in total. The van der Waals surface area contributed by atoms with E-state index in [0.29, 0.717) is 12.8 Å². The Morgan fingerprint density at radius 1 is 1.77 bits per heavy atom. The molecule has 0 fully saturated rings. The summed E-state index contributed by atoms with van der Waals surface area (Å²) in [7, 11) is 0. The van der Waals surface area contributed by atoms with Crippen LogP contribution in [0, 0.1) is 5.92 Å². The van der Waals surface area contributed by atoms with Gasteiger partial charge in [-0.1, -0.05) is 6.92 Å². The Labute approximate surface area is 76.6 Å². The quantitative estimate of drug-likeness (QED) is 0.714. The minimum absolute atomic E-state index is 0.178. The van der Waals surface area contributed by atoms with Crippen LogP contribution < -0.4 is 5.90 Å². The first-order chi connectivity index (χ1) is 6.27. The maximum Gasteiger partial charge on any atom is 0.327 e. The van der Waals surface area contributed by atoms with Crippen LogP contribution in [0.25, 0.3) is 0 Å². The zero-order valence-electron chi connectivity index (χ0n) is 7.53. The third-order valence-corrected chi connectivity index (χ3v) is 2.00. The lowest BCUT2D eigenvalue weighted by molar-refractivity contribution is -0.149. The summed E-state index contributed by atoms with van der Waals surface area (Å²) in [6.07, 6.45) is 4.52. The molecule has 0 aliphatic heterocycles. The predicted molar refractivity (Wildman–Crippen MR) is 46.5 cm³/mol. The molecule has 1 unspecified atom stereocenters. The lowest BCUT2D eigenvalue weighted by Crippen LogP contribution is -2.22. The molecule has 2 N–H and O–H groups in total. The van der Waals surface area contributed by atoms with Gasteiger partial charge in [-0.05, 0) is 24.5 Å². The molecule has 13 heavy (non-hydrogen) atoms. The molecule has 0 saturated heterocycles. The number of carbonyl (C=O) groups excluding carboxylic acids is 1. The topological polar surface area (TPSA) is 65.5 Å². The normalized spacial score (nSPS) is 12.5. The van der Waals surface area contributed by atoms with Gasteiger partial charge in [0.05, 0.1) is 18.4 Å². The van der Waals surface area contributed by atoms with Gasteiger partial charge in [0.1, 0.15) is 0 Å². The highest BCUT2D eigenvalue weighted by molar-refractivity contribution is 5.72. The van der Waals surface area contributed by atoms with E-state index in [1.807, 2.05) is 13.0 Å². The number of hydrogen-bond acceptors (Lipinski definition) is 4. The number of carbonyl (C=O) groups is 1. The average Bonchev–Trinajstić information content (AvgIpc) is 2.65. The van der Waals surface area contributed by atoms with Gasteiger partial charge < -0.3 is 9.25 Å². The minimum atomic E-state index is -0.372. The van der Waals surface area contributed by atoms with Crippen LogP contribution in [0.5, 0.6) is 0 Å². The van der Waals surface area contributed by atoms with Gasteiger partial charge >= 0.3 is 5.97 Å². The van der Waals surface area contributed by atoms with Crippen LogP contribution in [0.4, 0.5) is 0 Å². The van der Waals surface area contributed by atoms with E-state index in [1.54, 1.807) is 12.5 Å². The molecule has 0 radical (unpaired) electrons. The number of furan rings is 1. The van der Waals surface area contributed by atoms with Crippen molar-refractivity contribution in [3.8, 4) is 0 Å². The Morgan fingerprint density at radius 2 is 2.54 bits per heavy atom. The zero-order valence-corrected chi connectivity index (χ0v) is 7.53. The summed E-state index contributed by atoms with van der Waals surface area (Å²) in [6, 6.07) is 1.83. The fraction of sp³-hybridized carbons (Fsp3) is 0.444. The van der Waals surface area contributed by atoms with Crippen LogP contribution in [0.1, 0.15) is 18.9 Å². The lowest BCUT2D eigenvalue weighted by Gasteiger charge is -2.09. The second kappa shape index (κ2) is 4.67. The number of rotatable bonds is 4. The van der Waals surface area contributed by atoms with Crippen LogP contribution in [-0.4, -0.2) is 5.97 Å². The molecule has 1 atom stereocenters. The van der Waals surface area contributed by atoms with Crippen LogP contribution >= 0.6 is 0 Å². The van der Waals surface area contributed by atoms with Crippen LogP contribution in [0.2, 0.25) is 0 Å². The zero-order chi connectivity index (χ0) is 9.68. The van der Waals surface area contributed by atoms with Crippen molar-refractivity contribution in [1.82, 2.24) is 0 Å². The summed E-state index contributed by atoms with van der Waals surface area (Å²) in [5, 5.41) is 0. The summed E-state index contributed by atoms with van der Waals surface area (Å²) in [4.78, 5) is 15.3. The first-order valence-corrected chi connectivity index (χ1v) is 4.19. The monoisotopic (exact) mass is 183 g/mol. The molecule has 1 rings (SSSR count). The van der Waals surface area contributed by atoms with Crippen LogP contribution in [-0.2, 0) is 16.1 Å². The summed E-state index contributed by atoms with van der Waals surface area (Å²) in [5.74, 6) is 4.25. The van der Waals surface area contributed by atoms with Crippen molar-refractivity contribution >= 4 is 5.97 Å². The van der Waals surface area contributed by atoms with Crippen molar-refractivity contribution in [2.24, 2.45) is 11.8 Å². The molecule has 0 spiro atoms. The molecular weight excluding hydrogens is 170 g/mol. The summed E-state index contributed by atoms with van der Waals surface area (Å²) in [5.41, 5.74) is 0.984. The standard InChI is InChI=1S/C9H13NO3/c1-2-8(9(11)13-10)5-7-3-4-12-6-7/h3-4,6,8H,2,5,10H2,1H3. The van der Waals surface area contributed by atoms with Crippen LogP contribution in [0.15, 0.2) is 23.0 Å². The van der Waals surface area contributed by atoms with E-state index in [9.17, 15) is 4.79 Å². The molecule has 0 aliphatic carbocycles. The molecule has 0 aliphatic rings. The van der Waals surface area contributed by atoms with Gasteiger partial charge in [-0.3, -0.25) is 4.79 Å². The summed E-state index contributed by atoms with van der Waals surface area (Å²) in [6.45, 7) is 1.92. The maximum absolute atomic E-state index is 11.1. The van der Waals surface area contributed by atoms with E-state index in [-0.39, 0.29) is 11.9 Å². The first kappa shape index (κ1) is 9.80. The van der Waals surface area contributed by atoms with E-state index in [2.05, 4.69) is 4.84 Å². The van der Waals surface area contributed by atoms with Crippen LogP contribution in [0.3, 0.4) is 0 Å². The molecule has 0 saturated carbocycles. The summed E-state index contributed by atoms with van der Waals surface area (Å²) < 4.78 is 4.89. The fourth-order valence-corrected chi connectivity index (χ4v) is 1.18. The van der Waals surface area contributed by atoms with E-state index in [4.69, 9.17) is 10.3 Å². The van der Waals surface area contributed by atoms with Gasteiger partial charge in [-0.25, -0.2) is 0 Å². The highest BCUT2D eigenvalue weighted by Gasteiger charge is 2.18. The second-order valence-corrected chi connectivity index (χ2v) is 2.88. The summed E-state index contributed by atoms with van der Waals surface area (Å²) >= 11 is 0. The van der Waals surface area contributed by atoms with Gasteiger partial charge in [0.25, 0.3) is 0 Å². The molecule has 0 amide bonds. The molecule has 1 aromatic heterocycles. The first-order valence-electron chi connectivity index (χ1n) is 4.19. The predicted octanol–water partition coefficient (Wildman–Crippen LogP) is 1.27. The third kappa shape index (κ3) is 2.59. The maximum atomic E-state index is 11.1. The Balaban J connectivity index is 2.54. The van der Waals surface area contributed by atoms with Crippen molar-refractivity contribution in [2.75, 3.05) is 0 Å². The van der Waals surface area contributed by atoms with Gasteiger partial charge in [0.15, 0.2) is 0 Å². The van der Waals surface area contributed by atoms with Crippen molar-refractivity contribution in [3.63, 3.8) is 0 Å². The largest absolute Gasteiger partial charge is 0.472 e.